The van der Waals surface area contributed by atoms with Gasteiger partial charge in [-0.05, 0) is 35.2 Å². The van der Waals surface area contributed by atoms with Crippen LogP contribution in [0, 0.1) is 0 Å². The Hall–Kier alpha value is -3.61. The summed E-state index contributed by atoms with van der Waals surface area (Å²) in [5.74, 6) is -0.417. The molecular formula is C22H22N2O5. The number of carboxylic acids is 1. The number of aromatic carboxylic acids is 1. The van der Waals surface area contributed by atoms with Crippen LogP contribution in [0.15, 0.2) is 58.3 Å². The van der Waals surface area contributed by atoms with E-state index in [-0.39, 0.29) is 11.0 Å². The zero-order valence-corrected chi connectivity index (χ0v) is 16.6. The monoisotopic (exact) mass is 394 g/mol. The van der Waals surface area contributed by atoms with Crippen molar-refractivity contribution in [2.75, 3.05) is 7.11 Å². The first-order chi connectivity index (χ1) is 13.6. The third-order valence-corrected chi connectivity index (χ3v) is 4.64. The van der Waals surface area contributed by atoms with E-state index in [2.05, 4.69) is 4.98 Å². The van der Waals surface area contributed by atoms with Crippen LogP contribution >= 0.6 is 0 Å². The van der Waals surface area contributed by atoms with Gasteiger partial charge in [0, 0.05) is 23.4 Å². The minimum Gasteiger partial charge on any atom is -0.496 e. The van der Waals surface area contributed by atoms with Crippen LogP contribution in [0.5, 0.6) is 5.75 Å². The van der Waals surface area contributed by atoms with Crippen molar-refractivity contribution >= 4 is 5.97 Å². The van der Waals surface area contributed by atoms with Crippen LogP contribution in [0.4, 0.5) is 0 Å². The van der Waals surface area contributed by atoms with E-state index in [0.717, 1.165) is 10.1 Å². The molecule has 0 aliphatic heterocycles. The number of carboxylic acid groups (broad SMARTS) is 1. The third-order valence-electron chi connectivity index (χ3n) is 4.64. The van der Waals surface area contributed by atoms with Crippen molar-refractivity contribution in [2.24, 2.45) is 0 Å². The van der Waals surface area contributed by atoms with E-state index >= 15 is 0 Å². The Morgan fingerprint density at radius 3 is 2.24 bits per heavy atom. The number of hydrogen-bond acceptors (Lipinski definition) is 4. The van der Waals surface area contributed by atoms with Crippen LogP contribution in [0.25, 0.3) is 16.8 Å². The van der Waals surface area contributed by atoms with Crippen LogP contribution in [-0.4, -0.2) is 27.7 Å². The number of rotatable bonds is 4. The number of aromatic amines is 1. The van der Waals surface area contributed by atoms with Crippen molar-refractivity contribution < 1.29 is 14.6 Å². The molecular weight excluding hydrogens is 372 g/mol. The molecule has 0 saturated heterocycles. The lowest BCUT2D eigenvalue weighted by Gasteiger charge is -2.25. The van der Waals surface area contributed by atoms with Crippen molar-refractivity contribution in [1.82, 2.24) is 9.55 Å². The molecule has 0 radical (unpaired) electrons. The summed E-state index contributed by atoms with van der Waals surface area (Å²) in [6, 6.07) is 11.1. The molecule has 0 aliphatic carbocycles. The smallest absolute Gasteiger partial charge is 0.335 e. The Balaban J connectivity index is 2.36. The number of ether oxygens (including phenoxy) is 1. The molecule has 2 N–H and O–H groups in total. The summed E-state index contributed by atoms with van der Waals surface area (Å²) in [5.41, 5.74) is 1.39. The Morgan fingerprint density at radius 2 is 1.72 bits per heavy atom. The number of nitrogens with one attached hydrogen (secondary N) is 1. The van der Waals surface area contributed by atoms with E-state index in [1.54, 1.807) is 31.4 Å². The quantitative estimate of drug-likeness (QED) is 0.708. The topological polar surface area (TPSA) is 101 Å². The summed E-state index contributed by atoms with van der Waals surface area (Å²) >= 11 is 0. The van der Waals surface area contributed by atoms with Gasteiger partial charge in [0.15, 0.2) is 0 Å². The predicted octanol–water partition coefficient (Wildman–Crippen LogP) is 3.20. The number of aromatic nitrogens is 2. The normalized spacial score (nSPS) is 11.3. The lowest BCUT2D eigenvalue weighted by Crippen LogP contribution is -2.32. The van der Waals surface area contributed by atoms with E-state index in [1.165, 1.54) is 24.4 Å². The number of nitrogens with zero attached hydrogens (tertiary/aromatic N) is 1. The second-order valence-electron chi connectivity index (χ2n) is 7.66. The van der Waals surface area contributed by atoms with Crippen LogP contribution in [-0.2, 0) is 5.41 Å². The van der Waals surface area contributed by atoms with Gasteiger partial charge in [-0.25, -0.2) is 14.2 Å². The first-order valence-corrected chi connectivity index (χ1v) is 9.01. The fourth-order valence-corrected chi connectivity index (χ4v) is 3.19. The molecule has 0 spiro atoms. The summed E-state index contributed by atoms with van der Waals surface area (Å²) in [4.78, 5) is 38.4. The molecule has 0 aliphatic rings. The van der Waals surface area contributed by atoms with Gasteiger partial charge >= 0.3 is 11.7 Å². The molecule has 1 aromatic heterocycles. The number of carbonyl (C=O) groups is 1. The van der Waals surface area contributed by atoms with Crippen LogP contribution in [0.1, 0.15) is 36.7 Å². The first kappa shape index (κ1) is 20.1. The number of hydrogen-bond donors (Lipinski definition) is 2. The number of methoxy groups -OCH3 is 1. The van der Waals surface area contributed by atoms with E-state index in [0.29, 0.717) is 22.6 Å². The summed E-state index contributed by atoms with van der Waals surface area (Å²) in [6.07, 6.45) is 1.31. The minimum absolute atomic E-state index is 0.163. The molecule has 0 saturated carbocycles. The van der Waals surface area contributed by atoms with Gasteiger partial charge < -0.3 is 14.8 Å². The molecule has 0 atom stereocenters. The zero-order chi connectivity index (χ0) is 21.3. The van der Waals surface area contributed by atoms with Crippen molar-refractivity contribution in [2.45, 2.75) is 26.2 Å². The molecule has 3 rings (SSSR count). The van der Waals surface area contributed by atoms with E-state index in [9.17, 15) is 14.4 Å². The van der Waals surface area contributed by atoms with E-state index in [4.69, 9.17) is 9.84 Å². The first-order valence-electron chi connectivity index (χ1n) is 9.01. The standard InChI is InChI=1S/C22H22N2O5/c1-22(2,3)17-12-15(24-18(25)9-10-23-21(24)28)11-16(19(17)29-4)13-5-7-14(8-6-13)20(26)27/h5-12H,1-4H3,(H,23,28)(H,26,27). The lowest BCUT2D eigenvalue weighted by atomic mass is 9.83. The van der Waals surface area contributed by atoms with Gasteiger partial charge in [0.25, 0.3) is 5.56 Å². The molecule has 7 heteroatoms. The van der Waals surface area contributed by atoms with Crippen LogP contribution < -0.4 is 16.0 Å². The van der Waals surface area contributed by atoms with Crippen molar-refractivity contribution in [3.63, 3.8) is 0 Å². The Labute approximate surface area is 167 Å². The van der Waals surface area contributed by atoms with Crippen molar-refractivity contribution in [3.8, 4) is 22.6 Å². The van der Waals surface area contributed by atoms with E-state index in [1.807, 2.05) is 20.8 Å². The Kier molecular flexibility index (Phi) is 5.16. The molecule has 0 fully saturated rings. The molecule has 0 unspecified atom stereocenters. The fraction of sp³-hybridized carbons (Fsp3) is 0.227. The lowest BCUT2D eigenvalue weighted by molar-refractivity contribution is 0.0697. The fourth-order valence-electron chi connectivity index (χ4n) is 3.19. The summed E-state index contributed by atoms with van der Waals surface area (Å²) in [6.45, 7) is 6.01. The van der Waals surface area contributed by atoms with Gasteiger partial charge in [-0.15, -0.1) is 0 Å². The average molecular weight is 394 g/mol. The number of benzene rings is 2. The number of H-pyrrole nitrogens is 1. The molecule has 2 aromatic carbocycles. The highest BCUT2D eigenvalue weighted by Gasteiger charge is 2.24. The molecule has 0 bridgehead atoms. The highest BCUT2D eigenvalue weighted by molar-refractivity contribution is 5.88. The second-order valence-corrected chi connectivity index (χ2v) is 7.66. The average Bonchev–Trinajstić information content (AvgIpc) is 2.66. The minimum atomic E-state index is -1.02. The van der Waals surface area contributed by atoms with Gasteiger partial charge in [-0.3, -0.25) is 4.79 Å². The zero-order valence-electron chi connectivity index (χ0n) is 16.6. The van der Waals surface area contributed by atoms with Crippen LogP contribution in [0.3, 0.4) is 0 Å². The maximum Gasteiger partial charge on any atom is 0.335 e. The Bertz CT molecular complexity index is 1150. The molecule has 7 nitrogen and oxygen atoms in total. The van der Waals surface area contributed by atoms with Crippen LogP contribution in [0.2, 0.25) is 0 Å². The van der Waals surface area contributed by atoms with Gasteiger partial charge in [0.05, 0.1) is 18.4 Å². The Morgan fingerprint density at radius 1 is 1.07 bits per heavy atom. The summed E-state index contributed by atoms with van der Waals surface area (Å²) in [7, 11) is 1.56. The summed E-state index contributed by atoms with van der Waals surface area (Å²) in [5, 5.41) is 9.15. The van der Waals surface area contributed by atoms with Crippen molar-refractivity contribution in [3.05, 3.63) is 80.6 Å². The third kappa shape index (κ3) is 3.85. The maximum absolute atomic E-state index is 12.4. The van der Waals surface area contributed by atoms with Gasteiger partial charge in [-0.1, -0.05) is 32.9 Å². The molecule has 150 valence electrons. The maximum atomic E-state index is 12.4. The predicted molar refractivity (Wildman–Crippen MR) is 110 cm³/mol. The summed E-state index contributed by atoms with van der Waals surface area (Å²) < 4.78 is 6.76. The molecule has 3 aromatic rings. The van der Waals surface area contributed by atoms with Crippen molar-refractivity contribution in [1.29, 1.82) is 0 Å². The highest BCUT2D eigenvalue weighted by atomic mass is 16.5. The van der Waals surface area contributed by atoms with E-state index < -0.39 is 17.2 Å². The van der Waals surface area contributed by atoms with Gasteiger partial charge in [-0.2, -0.15) is 0 Å². The van der Waals surface area contributed by atoms with Gasteiger partial charge in [0.1, 0.15) is 5.75 Å². The second kappa shape index (κ2) is 7.43. The SMILES string of the molecule is COc1c(-c2ccc(C(=O)O)cc2)cc(-n2c(=O)cc[nH]c2=O)cc1C(C)(C)C. The molecule has 0 amide bonds. The largest absolute Gasteiger partial charge is 0.496 e. The molecule has 1 heterocycles. The molecule has 29 heavy (non-hydrogen) atoms. The highest BCUT2D eigenvalue weighted by Crippen LogP contribution is 2.40. The van der Waals surface area contributed by atoms with Gasteiger partial charge in [0.2, 0.25) is 0 Å².